The van der Waals surface area contributed by atoms with E-state index in [1.54, 1.807) is 31.2 Å². The number of nitrogens with one attached hydrogen (secondary N) is 1. The third-order valence-corrected chi connectivity index (χ3v) is 6.66. The van der Waals surface area contributed by atoms with Gasteiger partial charge in [-0.05, 0) is 37.1 Å². The summed E-state index contributed by atoms with van der Waals surface area (Å²) in [6.07, 6.45) is 1.63. The van der Waals surface area contributed by atoms with Gasteiger partial charge in [-0.1, -0.05) is 41.1 Å². The Morgan fingerprint density at radius 1 is 1.18 bits per heavy atom. The number of nitro groups is 1. The molecule has 1 atom stereocenters. The van der Waals surface area contributed by atoms with E-state index in [2.05, 4.69) is 21.2 Å². The summed E-state index contributed by atoms with van der Waals surface area (Å²) in [4.78, 5) is 37.8. The number of rotatable bonds is 11. The van der Waals surface area contributed by atoms with E-state index in [1.807, 2.05) is 6.92 Å². The maximum absolute atomic E-state index is 13.4. The van der Waals surface area contributed by atoms with Crippen molar-refractivity contribution < 1.29 is 22.9 Å². The molecule has 12 heteroatoms. The van der Waals surface area contributed by atoms with Crippen LogP contribution in [0.25, 0.3) is 0 Å². The van der Waals surface area contributed by atoms with Crippen molar-refractivity contribution in [1.29, 1.82) is 0 Å². The number of carbonyl (C=O) groups excluding carboxylic acids is 2. The lowest BCUT2D eigenvalue weighted by molar-refractivity contribution is -0.384. The molecule has 2 aromatic carbocycles. The van der Waals surface area contributed by atoms with Gasteiger partial charge in [0.2, 0.25) is 21.8 Å². The van der Waals surface area contributed by atoms with E-state index >= 15 is 0 Å². The Kier molecular flexibility index (Phi) is 9.56. The predicted molar refractivity (Wildman–Crippen MR) is 133 cm³/mol. The number of amides is 2. The topological polar surface area (TPSA) is 130 Å². The average Bonchev–Trinajstić information content (AvgIpc) is 2.79. The number of carbonyl (C=O) groups is 2. The first-order chi connectivity index (χ1) is 15.9. The first kappa shape index (κ1) is 27.3. The van der Waals surface area contributed by atoms with Crippen molar-refractivity contribution in [3.8, 4) is 0 Å². The van der Waals surface area contributed by atoms with Gasteiger partial charge in [-0.2, -0.15) is 0 Å². The first-order valence-corrected chi connectivity index (χ1v) is 13.1. The summed E-state index contributed by atoms with van der Waals surface area (Å²) in [6.45, 7) is 3.35. The molecule has 0 fully saturated rings. The summed E-state index contributed by atoms with van der Waals surface area (Å²) < 4.78 is 26.7. The molecule has 2 rings (SSSR count). The van der Waals surface area contributed by atoms with Crippen LogP contribution in [0.1, 0.15) is 25.8 Å². The molecule has 2 amide bonds. The van der Waals surface area contributed by atoms with Crippen LogP contribution in [-0.4, -0.2) is 55.4 Å². The van der Waals surface area contributed by atoms with Gasteiger partial charge in [0, 0.05) is 29.7 Å². The molecule has 0 heterocycles. The quantitative estimate of drug-likeness (QED) is 0.335. The van der Waals surface area contributed by atoms with Crippen LogP contribution in [0.15, 0.2) is 53.0 Å². The van der Waals surface area contributed by atoms with Gasteiger partial charge in [-0.15, -0.1) is 0 Å². The minimum Gasteiger partial charge on any atom is -0.354 e. The summed E-state index contributed by atoms with van der Waals surface area (Å²) in [6, 6.07) is 11.3. The van der Waals surface area contributed by atoms with Gasteiger partial charge in [0.15, 0.2) is 0 Å². The maximum Gasteiger partial charge on any atom is 0.271 e. The highest BCUT2D eigenvalue weighted by Gasteiger charge is 2.30. The standard InChI is InChI=1S/C22H27BrN4O6S/c1-4-12-24-22(29)16(2)25(14-17-8-10-18(23)11-9-17)21(28)15-26(34(3,32)33)19-6-5-7-20(13-19)27(30)31/h5-11,13,16H,4,12,14-15H2,1-3H3,(H,24,29)/t16-/m0/s1. The molecule has 0 aliphatic carbocycles. The molecule has 0 radical (unpaired) electrons. The summed E-state index contributed by atoms with van der Waals surface area (Å²) in [5.41, 5.74) is 0.419. The number of sulfonamides is 1. The van der Waals surface area contributed by atoms with E-state index in [0.717, 1.165) is 26.7 Å². The van der Waals surface area contributed by atoms with E-state index in [1.165, 1.54) is 23.1 Å². The van der Waals surface area contributed by atoms with Gasteiger partial charge >= 0.3 is 0 Å². The van der Waals surface area contributed by atoms with Crippen LogP contribution in [0.5, 0.6) is 0 Å². The molecule has 184 valence electrons. The van der Waals surface area contributed by atoms with E-state index in [4.69, 9.17) is 0 Å². The lowest BCUT2D eigenvalue weighted by Gasteiger charge is -2.31. The van der Waals surface area contributed by atoms with Crippen LogP contribution in [0, 0.1) is 10.1 Å². The molecule has 0 saturated carbocycles. The molecule has 10 nitrogen and oxygen atoms in total. The zero-order valence-corrected chi connectivity index (χ0v) is 21.5. The molecule has 0 aromatic heterocycles. The number of halogens is 1. The van der Waals surface area contributed by atoms with E-state index in [-0.39, 0.29) is 23.8 Å². The number of benzene rings is 2. The monoisotopic (exact) mass is 554 g/mol. The summed E-state index contributed by atoms with van der Waals surface area (Å²) in [7, 11) is -3.97. The Labute approximate surface area is 207 Å². The number of hydrogen-bond acceptors (Lipinski definition) is 6. The van der Waals surface area contributed by atoms with Crippen LogP contribution >= 0.6 is 15.9 Å². The molecule has 0 bridgehead atoms. The second kappa shape index (κ2) is 11.9. The van der Waals surface area contributed by atoms with Crippen molar-refractivity contribution in [2.24, 2.45) is 0 Å². The average molecular weight is 555 g/mol. The van der Waals surface area contributed by atoms with Crippen LogP contribution in [0.3, 0.4) is 0 Å². The van der Waals surface area contributed by atoms with Gasteiger partial charge in [-0.25, -0.2) is 8.42 Å². The van der Waals surface area contributed by atoms with Gasteiger partial charge in [0.25, 0.3) is 5.69 Å². The predicted octanol–water partition coefficient (Wildman–Crippen LogP) is 3.07. The van der Waals surface area contributed by atoms with Gasteiger partial charge in [0.1, 0.15) is 12.6 Å². The fourth-order valence-electron chi connectivity index (χ4n) is 3.14. The Balaban J connectivity index is 2.40. The van der Waals surface area contributed by atoms with Gasteiger partial charge in [0.05, 0.1) is 16.9 Å². The number of hydrogen-bond donors (Lipinski definition) is 1. The smallest absolute Gasteiger partial charge is 0.271 e. The summed E-state index contributed by atoms with van der Waals surface area (Å²) in [5, 5.41) is 13.9. The van der Waals surface area contributed by atoms with E-state index in [9.17, 15) is 28.1 Å². The van der Waals surface area contributed by atoms with E-state index < -0.39 is 33.4 Å². The van der Waals surface area contributed by atoms with Crippen molar-refractivity contribution >= 4 is 49.1 Å². The fraction of sp³-hybridized carbons (Fsp3) is 0.364. The SMILES string of the molecule is CCCNC(=O)[C@H](C)N(Cc1ccc(Br)cc1)C(=O)CN(c1cccc([N+](=O)[O-])c1)S(C)(=O)=O. The summed E-state index contributed by atoms with van der Waals surface area (Å²) >= 11 is 3.35. The Bertz CT molecular complexity index is 1140. The highest BCUT2D eigenvalue weighted by atomic mass is 79.9. The maximum atomic E-state index is 13.4. The third-order valence-electron chi connectivity index (χ3n) is 4.99. The third kappa shape index (κ3) is 7.52. The van der Waals surface area contributed by atoms with Gasteiger partial charge in [-0.3, -0.25) is 24.0 Å². The lowest BCUT2D eigenvalue weighted by atomic mass is 10.1. The fourth-order valence-corrected chi connectivity index (χ4v) is 4.25. The second-order valence-corrected chi connectivity index (χ2v) is 10.5. The molecular weight excluding hydrogens is 528 g/mol. The number of anilines is 1. The molecule has 0 unspecified atom stereocenters. The van der Waals surface area contributed by atoms with Crippen LogP contribution < -0.4 is 9.62 Å². The summed E-state index contributed by atoms with van der Waals surface area (Å²) in [5.74, 6) is -0.993. The van der Waals surface area contributed by atoms with E-state index in [0.29, 0.717) is 13.0 Å². The zero-order valence-electron chi connectivity index (χ0n) is 19.1. The highest BCUT2D eigenvalue weighted by Crippen LogP contribution is 2.24. The van der Waals surface area contributed by atoms with Crippen LogP contribution in [0.4, 0.5) is 11.4 Å². The molecule has 0 spiro atoms. The molecule has 1 N–H and O–H groups in total. The van der Waals surface area contributed by atoms with Crippen molar-refractivity contribution in [1.82, 2.24) is 10.2 Å². The number of non-ortho nitro benzene ring substituents is 1. The molecule has 2 aromatic rings. The van der Waals surface area contributed by atoms with Crippen LogP contribution in [-0.2, 0) is 26.2 Å². The van der Waals surface area contributed by atoms with Crippen molar-refractivity contribution in [3.05, 3.63) is 68.7 Å². The minimum atomic E-state index is -3.97. The normalized spacial score (nSPS) is 12.0. The molecular formula is C22H27BrN4O6S. The van der Waals surface area contributed by atoms with Crippen molar-refractivity contribution in [3.63, 3.8) is 0 Å². The highest BCUT2D eigenvalue weighted by molar-refractivity contribution is 9.10. The van der Waals surface area contributed by atoms with Crippen LogP contribution in [0.2, 0.25) is 0 Å². The molecule has 0 saturated heterocycles. The lowest BCUT2D eigenvalue weighted by Crippen LogP contribution is -2.51. The first-order valence-electron chi connectivity index (χ1n) is 10.5. The molecule has 34 heavy (non-hydrogen) atoms. The largest absolute Gasteiger partial charge is 0.354 e. The Morgan fingerprint density at radius 3 is 2.38 bits per heavy atom. The van der Waals surface area contributed by atoms with Crippen molar-refractivity contribution in [2.45, 2.75) is 32.9 Å². The second-order valence-electron chi connectivity index (χ2n) is 7.66. The minimum absolute atomic E-state index is 0.0169. The Hall–Kier alpha value is -2.99. The van der Waals surface area contributed by atoms with Gasteiger partial charge < -0.3 is 10.2 Å². The van der Waals surface area contributed by atoms with Crippen molar-refractivity contribution in [2.75, 3.05) is 23.7 Å². The number of nitrogens with zero attached hydrogens (tertiary/aromatic N) is 3. The molecule has 0 aliphatic heterocycles. The zero-order chi connectivity index (χ0) is 25.5. The number of nitro benzene ring substituents is 1. The molecule has 0 aliphatic rings. The Morgan fingerprint density at radius 2 is 1.82 bits per heavy atom.